The third-order valence-electron chi connectivity index (χ3n) is 2.89. The zero-order valence-electron chi connectivity index (χ0n) is 13.9. The van der Waals surface area contributed by atoms with E-state index < -0.39 is 34.9 Å². The highest BCUT2D eigenvalue weighted by atomic mass is 19.4. The molecule has 0 spiro atoms. The van der Waals surface area contributed by atoms with Gasteiger partial charge in [0.05, 0.1) is 5.69 Å². The van der Waals surface area contributed by atoms with Gasteiger partial charge in [-0.1, -0.05) is 0 Å². The minimum absolute atomic E-state index is 0.0364. The molecular formula is C14H12F3N5O5. The highest BCUT2D eigenvalue weighted by Gasteiger charge is 2.37. The van der Waals surface area contributed by atoms with Crippen LogP contribution < -0.4 is 26.0 Å². The highest BCUT2D eigenvalue weighted by Crippen LogP contribution is 2.30. The Balaban J connectivity index is 2.47. The number of ether oxygens (including phenoxy) is 2. The Hall–Kier alpha value is -3.48. The lowest BCUT2D eigenvalue weighted by molar-refractivity contribution is -0.134. The normalized spacial score (nSPS) is 11.0. The van der Waals surface area contributed by atoms with Crippen LogP contribution in [0.4, 0.5) is 19.1 Å². The molecule has 1 aromatic heterocycles. The number of nitrogens with two attached hydrogens (primary N) is 1. The van der Waals surface area contributed by atoms with Crippen molar-refractivity contribution in [1.29, 1.82) is 0 Å². The zero-order valence-corrected chi connectivity index (χ0v) is 13.9. The van der Waals surface area contributed by atoms with E-state index in [9.17, 15) is 27.6 Å². The lowest BCUT2D eigenvalue weighted by atomic mass is 10.2. The molecule has 0 saturated heterocycles. The van der Waals surface area contributed by atoms with E-state index in [-0.39, 0.29) is 17.2 Å². The second kappa shape index (κ2) is 7.41. The van der Waals surface area contributed by atoms with Crippen molar-refractivity contribution < 1.29 is 32.2 Å². The maximum atomic E-state index is 12.5. The summed E-state index contributed by atoms with van der Waals surface area (Å²) in [6.45, 7) is 2.23. The molecule has 2 N–H and O–H groups in total. The molecule has 2 rings (SSSR count). The summed E-state index contributed by atoms with van der Waals surface area (Å²) in [6, 6.07) is 3.65. The van der Waals surface area contributed by atoms with Crippen LogP contribution in [0.1, 0.15) is 13.8 Å². The first-order valence-electron chi connectivity index (χ1n) is 7.07. The van der Waals surface area contributed by atoms with Crippen molar-refractivity contribution in [2.75, 3.05) is 5.01 Å². The Labute approximate surface area is 148 Å². The van der Waals surface area contributed by atoms with Crippen LogP contribution >= 0.6 is 0 Å². The number of alkyl halides is 3. The number of anilines is 1. The summed E-state index contributed by atoms with van der Waals surface area (Å²) in [4.78, 5) is 40.9. The predicted octanol–water partition coefficient (Wildman–Crippen LogP) is 0.678. The molecule has 0 aliphatic rings. The monoisotopic (exact) mass is 387 g/mol. The van der Waals surface area contributed by atoms with E-state index in [1.165, 1.54) is 12.1 Å². The summed E-state index contributed by atoms with van der Waals surface area (Å²) in [5, 5.41) is -0.715. The van der Waals surface area contributed by atoms with Gasteiger partial charge in [0.15, 0.2) is 11.5 Å². The number of carbonyl (C=O) groups excluding carboxylic acids is 2. The average molecular weight is 387 g/mol. The Bertz CT molecular complexity index is 943. The number of rotatable bonds is 4. The summed E-state index contributed by atoms with van der Waals surface area (Å²) in [7, 11) is 0. The molecule has 144 valence electrons. The van der Waals surface area contributed by atoms with Gasteiger partial charge in [0, 0.05) is 19.9 Å². The molecule has 13 heteroatoms. The van der Waals surface area contributed by atoms with Gasteiger partial charge in [0.1, 0.15) is 6.33 Å². The van der Waals surface area contributed by atoms with Crippen LogP contribution in [0.25, 0.3) is 5.69 Å². The number of hydrogen-bond donors (Lipinski definition) is 1. The van der Waals surface area contributed by atoms with Crippen LogP contribution in [-0.4, -0.2) is 32.8 Å². The van der Waals surface area contributed by atoms with Gasteiger partial charge in [-0.15, -0.1) is 13.2 Å². The second-order valence-corrected chi connectivity index (χ2v) is 4.97. The fourth-order valence-electron chi connectivity index (χ4n) is 1.85. The van der Waals surface area contributed by atoms with Crippen LogP contribution in [0.2, 0.25) is 0 Å². The number of aromatic nitrogens is 3. The number of halogens is 3. The van der Waals surface area contributed by atoms with Crippen molar-refractivity contribution in [3.05, 3.63) is 35.0 Å². The fraction of sp³-hybridized carbons (Fsp3) is 0.214. The molecule has 10 nitrogen and oxygen atoms in total. The van der Waals surface area contributed by atoms with Gasteiger partial charge in [-0.25, -0.2) is 15.6 Å². The standard InChI is InChI=1S/C14H12F3N5O5/c1-7(23)26-10-4-3-9(5-11(10)27-8(2)24)21-6-19-12(20-13(21)25)22(18)14(15,16)17/h3-6H,18H2,1-2H3. The van der Waals surface area contributed by atoms with Gasteiger partial charge in [0.25, 0.3) is 5.95 Å². The zero-order chi connectivity index (χ0) is 20.4. The van der Waals surface area contributed by atoms with Crippen molar-refractivity contribution in [2.45, 2.75) is 20.1 Å². The van der Waals surface area contributed by atoms with E-state index in [4.69, 9.17) is 15.3 Å². The Morgan fingerprint density at radius 2 is 1.74 bits per heavy atom. The van der Waals surface area contributed by atoms with Crippen LogP contribution in [0.15, 0.2) is 29.3 Å². The third kappa shape index (κ3) is 4.78. The molecule has 0 bridgehead atoms. The second-order valence-electron chi connectivity index (χ2n) is 4.97. The molecular weight excluding hydrogens is 375 g/mol. The topological polar surface area (TPSA) is 130 Å². The van der Waals surface area contributed by atoms with Crippen molar-refractivity contribution in [1.82, 2.24) is 14.5 Å². The van der Waals surface area contributed by atoms with Gasteiger partial charge in [-0.3, -0.25) is 14.2 Å². The molecule has 0 amide bonds. The van der Waals surface area contributed by atoms with E-state index >= 15 is 0 Å². The van der Waals surface area contributed by atoms with E-state index in [0.717, 1.165) is 30.8 Å². The summed E-state index contributed by atoms with van der Waals surface area (Å²) < 4.78 is 48.2. The Morgan fingerprint density at radius 3 is 2.26 bits per heavy atom. The molecule has 0 saturated carbocycles. The van der Waals surface area contributed by atoms with E-state index in [0.29, 0.717) is 0 Å². The SMILES string of the molecule is CC(=O)Oc1ccc(-n2cnc(N(N)C(F)(F)F)nc2=O)cc1OC(C)=O. The molecule has 2 aromatic rings. The Morgan fingerprint density at radius 1 is 1.15 bits per heavy atom. The molecule has 0 fully saturated rings. The number of esters is 2. The largest absolute Gasteiger partial charge is 0.501 e. The quantitative estimate of drug-likeness (QED) is 0.265. The van der Waals surface area contributed by atoms with Crippen LogP contribution in [-0.2, 0) is 9.59 Å². The van der Waals surface area contributed by atoms with Crippen LogP contribution in [0.5, 0.6) is 11.5 Å². The molecule has 0 aliphatic heterocycles. The number of hydrogen-bond acceptors (Lipinski definition) is 9. The number of carbonyl (C=O) groups is 2. The molecule has 0 aliphatic carbocycles. The number of nitrogens with zero attached hydrogens (tertiary/aromatic N) is 4. The van der Waals surface area contributed by atoms with Gasteiger partial charge in [-0.05, 0) is 12.1 Å². The average Bonchev–Trinajstić information content (AvgIpc) is 2.54. The molecule has 0 radical (unpaired) electrons. The first-order valence-corrected chi connectivity index (χ1v) is 7.07. The summed E-state index contributed by atoms with van der Waals surface area (Å²) >= 11 is 0. The van der Waals surface area contributed by atoms with Crippen molar-refractivity contribution in [3.8, 4) is 17.2 Å². The lowest BCUT2D eigenvalue weighted by Crippen LogP contribution is -2.46. The fourth-order valence-corrected chi connectivity index (χ4v) is 1.85. The summed E-state index contributed by atoms with van der Waals surface area (Å²) in [5.74, 6) is 2.04. The molecule has 0 unspecified atom stereocenters. The van der Waals surface area contributed by atoms with Gasteiger partial charge < -0.3 is 9.47 Å². The molecule has 0 atom stereocenters. The Kier molecular flexibility index (Phi) is 5.44. The van der Waals surface area contributed by atoms with Crippen molar-refractivity contribution in [2.24, 2.45) is 5.84 Å². The van der Waals surface area contributed by atoms with Crippen molar-refractivity contribution >= 4 is 17.9 Å². The van der Waals surface area contributed by atoms with E-state index in [2.05, 4.69) is 9.97 Å². The van der Waals surface area contributed by atoms with Gasteiger partial charge in [0.2, 0.25) is 0 Å². The smallest absolute Gasteiger partial charge is 0.423 e. The van der Waals surface area contributed by atoms with E-state index in [1.54, 1.807) is 0 Å². The third-order valence-corrected chi connectivity index (χ3v) is 2.89. The van der Waals surface area contributed by atoms with Crippen molar-refractivity contribution in [3.63, 3.8) is 0 Å². The minimum atomic E-state index is -4.98. The molecule has 1 aromatic carbocycles. The number of hydrazine groups is 1. The highest BCUT2D eigenvalue weighted by molar-refractivity contribution is 5.74. The molecule has 1 heterocycles. The summed E-state index contributed by atoms with van der Waals surface area (Å²) in [5.41, 5.74) is -1.09. The molecule has 27 heavy (non-hydrogen) atoms. The first-order chi connectivity index (χ1) is 12.5. The van der Waals surface area contributed by atoms with Gasteiger partial charge >= 0.3 is 23.9 Å². The summed E-state index contributed by atoms with van der Waals surface area (Å²) in [6.07, 6.45) is -4.22. The van der Waals surface area contributed by atoms with Crippen LogP contribution in [0.3, 0.4) is 0 Å². The number of benzene rings is 1. The maximum Gasteiger partial charge on any atom is 0.501 e. The maximum absolute atomic E-state index is 12.5. The minimum Gasteiger partial charge on any atom is -0.423 e. The predicted molar refractivity (Wildman–Crippen MR) is 83.0 cm³/mol. The first kappa shape index (κ1) is 19.8. The van der Waals surface area contributed by atoms with Crippen LogP contribution in [0, 0.1) is 0 Å². The van der Waals surface area contributed by atoms with Gasteiger partial charge in [-0.2, -0.15) is 9.99 Å². The lowest BCUT2D eigenvalue weighted by Gasteiger charge is -2.18. The van der Waals surface area contributed by atoms with E-state index in [1.807, 2.05) is 0 Å².